The van der Waals surface area contributed by atoms with Crippen molar-refractivity contribution in [2.45, 2.75) is 19.3 Å². The number of Topliss-reactive ketones (excluding diaryl/α,β-unsaturated/α-hetero) is 2. The van der Waals surface area contributed by atoms with E-state index in [4.69, 9.17) is 10.5 Å². The van der Waals surface area contributed by atoms with Crippen LogP contribution in [0.25, 0.3) is 0 Å². The van der Waals surface area contributed by atoms with Crippen LogP contribution in [0.15, 0.2) is 66.7 Å². The predicted molar refractivity (Wildman–Crippen MR) is 110 cm³/mol. The highest BCUT2D eigenvalue weighted by Crippen LogP contribution is 2.31. The van der Waals surface area contributed by atoms with Crippen LogP contribution in [0.4, 0.5) is 5.69 Å². The van der Waals surface area contributed by atoms with E-state index in [1.807, 2.05) is 0 Å². The van der Waals surface area contributed by atoms with E-state index in [0.29, 0.717) is 29.0 Å². The van der Waals surface area contributed by atoms with Gasteiger partial charge in [0.25, 0.3) is 0 Å². The number of benzene rings is 3. The topological polar surface area (TPSA) is 110 Å². The predicted octanol–water partition coefficient (Wildman–Crippen LogP) is 4.71. The lowest BCUT2D eigenvalue weighted by Crippen LogP contribution is -2.06. The van der Waals surface area contributed by atoms with Gasteiger partial charge in [0.05, 0.1) is 5.69 Å². The first-order valence-corrected chi connectivity index (χ1v) is 9.15. The SMILES string of the molecule is Nc1c(Oc2ccc(O)cc2)cccc1C(=O)CCCC(=O)c1ccc(O)cc1. The molecule has 3 aromatic carbocycles. The Balaban J connectivity index is 1.61. The molecule has 0 amide bonds. The van der Waals surface area contributed by atoms with Crippen molar-refractivity contribution in [1.82, 2.24) is 0 Å². The molecule has 0 aromatic heterocycles. The molecule has 0 radical (unpaired) electrons. The molecular formula is C23H21NO5. The van der Waals surface area contributed by atoms with Crippen molar-refractivity contribution >= 4 is 17.3 Å². The number of hydrogen-bond acceptors (Lipinski definition) is 6. The molecule has 0 aliphatic heterocycles. The van der Waals surface area contributed by atoms with Crippen LogP contribution in [-0.2, 0) is 0 Å². The van der Waals surface area contributed by atoms with E-state index in [1.54, 1.807) is 42.5 Å². The zero-order chi connectivity index (χ0) is 20.8. The van der Waals surface area contributed by atoms with Crippen molar-refractivity contribution in [2.75, 3.05) is 5.73 Å². The monoisotopic (exact) mass is 391 g/mol. The summed E-state index contributed by atoms with van der Waals surface area (Å²) in [5, 5.41) is 18.6. The molecule has 0 saturated carbocycles. The Morgan fingerprint density at radius 2 is 1.38 bits per heavy atom. The number of phenolic OH excluding ortho intramolecular Hbond substituents is 2. The summed E-state index contributed by atoms with van der Waals surface area (Å²) in [6.45, 7) is 0. The zero-order valence-electron chi connectivity index (χ0n) is 15.7. The molecular weight excluding hydrogens is 370 g/mol. The number of aromatic hydroxyl groups is 2. The van der Waals surface area contributed by atoms with Gasteiger partial charge in [-0.2, -0.15) is 0 Å². The van der Waals surface area contributed by atoms with Gasteiger partial charge in [-0.05, 0) is 67.1 Å². The molecule has 0 aliphatic carbocycles. The molecule has 0 fully saturated rings. The van der Waals surface area contributed by atoms with Gasteiger partial charge in [-0.1, -0.05) is 6.07 Å². The van der Waals surface area contributed by atoms with Gasteiger partial charge in [0.1, 0.15) is 17.2 Å². The summed E-state index contributed by atoms with van der Waals surface area (Å²) in [5.74, 6) is 0.797. The average Bonchev–Trinajstić information content (AvgIpc) is 2.71. The summed E-state index contributed by atoms with van der Waals surface area (Å²) in [6, 6.07) is 17.2. The first kappa shape index (κ1) is 19.9. The molecule has 3 aromatic rings. The number of para-hydroxylation sites is 1. The number of ether oxygens (including phenoxy) is 1. The largest absolute Gasteiger partial charge is 0.508 e. The number of nitrogen functional groups attached to an aromatic ring is 1. The van der Waals surface area contributed by atoms with Gasteiger partial charge in [-0.25, -0.2) is 0 Å². The number of anilines is 1. The number of carbonyl (C=O) groups excluding carboxylic acids is 2. The second-order valence-corrected chi connectivity index (χ2v) is 6.56. The van der Waals surface area contributed by atoms with Crippen LogP contribution in [0.5, 0.6) is 23.0 Å². The lowest BCUT2D eigenvalue weighted by atomic mass is 10.0. The van der Waals surface area contributed by atoms with Crippen LogP contribution in [0.3, 0.4) is 0 Å². The van der Waals surface area contributed by atoms with Crippen LogP contribution < -0.4 is 10.5 Å². The molecule has 0 unspecified atom stereocenters. The Morgan fingerprint density at radius 1 is 0.793 bits per heavy atom. The van der Waals surface area contributed by atoms with Gasteiger partial charge >= 0.3 is 0 Å². The van der Waals surface area contributed by atoms with Crippen molar-refractivity contribution in [3.63, 3.8) is 0 Å². The highest BCUT2D eigenvalue weighted by atomic mass is 16.5. The Kier molecular flexibility index (Phi) is 6.14. The lowest BCUT2D eigenvalue weighted by molar-refractivity contribution is 0.0957. The molecule has 29 heavy (non-hydrogen) atoms. The van der Waals surface area contributed by atoms with E-state index in [9.17, 15) is 19.8 Å². The van der Waals surface area contributed by atoms with Crippen molar-refractivity contribution in [3.05, 3.63) is 77.9 Å². The second kappa shape index (κ2) is 8.93. The third-order valence-corrected chi connectivity index (χ3v) is 4.43. The van der Waals surface area contributed by atoms with Crippen molar-refractivity contribution in [2.24, 2.45) is 0 Å². The first-order valence-electron chi connectivity index (χ1n) is 9.15. The minimum absolute atomic E-state index is 0.0878. The molecule has 0 aliphatic rings. The van der Waals surface area contributed by atoms with E-state index >= 15 is 0 Å². The lowest BCUT2D eigenvalue weighted by Gasteiger charge is -2.12. The van der Waals surface area contributed by atoms with Crippen LogP contribution in [0.2, 0.25) is 0 Å². The van der Waals surface area contributed by atoms with Crippen molar-refractivity contribution < 1.29 is 24.5 Å². The van der Waals surface area contributed by atoms with E-state index in [0.717, 1.165) is 0 Å². The standard InChI is InChI=1S/C23H21NO5/c24-23-19(3-1-6-22(23)29-18-13-11-17(26)12-14-18)21(28)5-2-4-20(27)15-7-9-16(25)10-8-15/h1,3,6-14,25-26H,2,4-5,24H2. The molecule has 4 N–H and O–H groups in total. The fraction of sp³-hybridized carbons (Fsp3) is 0.130. The van der Waals surface area contributed by atoms with Gasteiger partial charge in [0.15, 0.2) is 17.3 Å². The smallest absolute Gasteiger partial charge is 0.165 e. The van der Waals surface area contributed by atoms with Gasteiger partial charge in [0, 0.05) is 24.0 Å². The van der Waals surface area contributed by atoms with Gasteiger partial charge in [-0.15, -0.1) is 0 Å². The minimum Gasteiger partial charge on any atom is -0.508 e. The normalized spacial score (nSPS) is 10.5. The summed E-state index contributed by atoms with van der Waals surface area (Å²) in [7, 11) is 0. The molecule has 148 valence electrons. The molecule has 0 bridgehead atoms. The molecule has 0 atom stereocenters. The maximum absolute atomic E-state index is 12.6. The van der Waals surface area contributed by atoms with Crippen LogP contribution >= 0.6 is 0 Å². The Morgan fingerprint density at radius 3 is 2.03 bits per heavy atom. The molecule has 0 saturated heterocycles. The summed E-state index contributed by atoms with van der Waals surface area (Å²) in [6.07, 6.45) is 0.790. The quantitative estimate of drug-likeness (QED) is 0.379. The number of hydrogen-bond donors (Lipinski definition) is 3. The molecule has 6 nitrogen and oxygen atoms in total. The van der Waals surface area contributed by atoms with Crippen LogP contribution in [0.1, 0.15) is 40.0 Å². The molecule has 3 rings (SSSR count). The zero-order valence-corrected chi connectivity index (χ0v) is 15.7. The van der Waals surface area contributed by atoms with Gasteiger partial charge in [-0.3, -0.25) is 9.59 Å². The maximum Gasteiger partial charge on any atom is 0.165 e. The Labute approximate surface area is 168 Å². The van der Waals surface area contributed by atoms with Crippen LogP contribution in [0, 0.1) is 0 Å². The van der Waals surface area contributed by atoms with Gasteiger partial charge < -0.3 is 20.7 Å². The number of nitrogens with two attached hydrogens (primary N) is 1. The third-order valence-electron chi connectivity index (χ3n) is 4.43. The van der Waals surface area contributed by atoms with E-state index < -0.39 is 0 Å². The highest BCUT2D eigenvalue weighted by Gasteiger charge is 2.15. The highest BCUT2D eigenvalue weighted by molar-refractivity contribution is 6.02. The van der Waals surface area contributed by atoms with Crippen molar-refractivity contribution in [1.29, 1.82) is 0 Å². The first-order chi connectivity index (χ1) is 13.9. The number of ketones is 2. The minimum atomic E-state index is -0.169. The molecule has 0 spiro atoms. The van der Waals surface area contributed by atoms with E-state index in [1.165, 1.54) is 24.3 Å². The fourth-order valence-electron chi connectivity index (χ4n) is 2.85. The summed E-state index contributed by atoms with van der Waals surface area (Å²) >= 11 is 0. The fourth-order valence-corrected chi connectivity index (χ4v) is 2.85. The number of rotatable bonds is 8. The Bertz CT molecular complexity index is 1010. The number of carbonyl (C=O) groups is 2. The maximum atomic E-state index is 12.6. The number of phenols is 2. The molecule has 6 heteroatoms. The molecule has 0 heterocycles. The average molecular weight is 391 g/mol. The van der Waals surface area contributed by atoms with E-state index in [-0.39, 0.29) is 41.6 Å². The third kappa shape index (κ3) is 5.13. The summed E-state index contributed by atoms with van der Waals surface area (Å²) in [4.78, 5) is 24.7. The summed E-state index contributed by atoms with van der Waals surface area (Å²) in [5.41, 5.74) is 7.19. The van der Waals surface area contributed by atoms with E-state index in [2.05, 4.69) is 0 Å². The second-order valence-electron chi connectivity index (χ2n) is 6.56. The summed E-state index contributed by atoms with van der Waals surface area (Å²) < 4.78 is 5.70. The van der Waals surface area contributed by atoms with Crippen molar-refractivity contribution in [3.8, 4) is 23.0 Å². The Hall–Kier alpha value is -3.80. The van der Waals surface area contributed by atoms with Gasteiger partial charge in [0.2, 0.25) is 0 Å². The van der Waals surface area contributed by atoms with Crippen LogP contribution in [-0.4, -0.2) is 21.8 Å².